The van der Waals surface area contributed by atoms with Gasteiger partial charge in [-0.05, 0) is 6.07 Å². The fraction of sp³-hybridized carbons (Fsp3) is 0.263. The van der Waals surface area contributed by atoms with E-state index in [-0.39, 0.29) is 17.8 Å². The molecule has 3 aromatic rings. The van der Waals surface area contributed by atoms with E-state index in [0.717, 1.165) is 16.8 Å². The summed E-state index contributed by atoms with van der Waals surface area (Å²) in [5.74, 6) is -5.38. The number of rotatable bonds is 7. The molecule has 1 aromatic carbocycles. The molecule has 0 radical (unpaired) electrons. The van der Waals surface area contributed by atoms with E-state index in [2.05, 4.69) is 15.1 Å². The van der Waals surface area contributed by atoms with E-state index in [9.17, 15) is 50.1 Å². The molecule has 3 rings (SSSR count). The molecule has 0 bridgehead atoms. The first-order valence-corrected chi connectivity index (χ1v) is 9.31. The Balaban J connectivity index is 1.95. The number of aromatic nitrogens is 4. The van der Waals surface area contributed by atoms with Gasteiger partial charge in [0.15, 0.2) is 17.5 Å². The molecule has 0 saturated heterocycles. The van der Waals surface area contributed by atoms with Gasteiger partial charge in [-0.3, -0.25) is 4.68 Å². The number of hydrogen-bond acceptors (Lipinski definition) is 6. The van der Waals surface area contributed by atoms with Gasteiger partial charge in [0.05, 0.1) is 19.3 Å². The SMILES string of the molecule is O=C(O)c1cc(-c2ncc(F)c(NCC(O)(C(F)(F)F)C(F)(F)F)n2)nn1Cc1ccccc1F. The number of carboxylic acids is 1. The second kappa shape index (κ2) is 9.09. The zero-order valence-corrected chi connectivity index (χ0v) is 17.0. The van der Waals surface area contributed by atoms with Gasteiger partial charge in [0.25, 0.3) is 5.60 Å². The van der Waals surface area contributed by atoms with E-state index in [1.54, 1.807) is 0 Å². The van der Waals surface area contributed by atoms with Crippen LogP contribution in [0.1, 0.15) is 16.1 Å². The number of halogens is 8. The highest BCUT2D eigenvalue weighted by Gasteiger charge is 2.70. The van der Waals surface area contributed by atoms with Crippen LogP contribution in [0.2, 0.25) is 0 Å². The zero-order valence-electron chi connectivity index (χ0n) is 17.0. The lowest BCUT2D eigenvalue weighted by Gasteiger charge is -2.32. The predicted octanol–water partition coefficient (Wildman–Crippen LogP) is 3.63. The first kappa shape index (κ1) is 25.8. The summed E-state index contributed by atoms with van der Waals surface area (Å²) in [6.07, 6.45) is -11.9. The Morgan fingerprint density at radius 1 is 1.03 bits per heavy atom. The molecule has 8 nitrogen and oxygen atoms in total. The number of benzene rings is 1. The molecular weight excluding hydrogens is 498 g/mol. The molecule has 2 aromatic heterocycles. The van der Waals surface area contributed by atoms with Gasteiger partial charge in [-0.25, -0.2) is 23.5 Å². The molecule has 0 saturated carbocycles. The van der Waals surface area contributed by atoms with Crippen molar-refractivity contribution in [2.45, 2.75) is 24.5 Å². The van der Waals surface area contributed by atoms with Crippen molar-refractivity contribution in [1.29, 1.82) is 0 Å². The molecule has 0 aliphatic carbocycles. The summed E-state index contributed by atoms with van der Waals surface area (Å²) in [6, 6.07) is 6.23. The number of carboxylic acid groups (broad SMARTS) is 1. The number of nitrogens with one attached hydrogen (secondary N) is 1. The first-order chi connectivity index (χ1) is 16.1. The van der Waals surface area contributed by atoms with Crippen LogP contribution in [0.5, 0.6) is 0 Å². The maximum Gasteiger partial charge on any atom is 0.428 e. The molecule has 0 amide bonds. The van der Waals surface area contributed by atoms with Gasteiger partial charge in [-0.2, -0.15) is 31.4 Å². The summed E-state index contributed by atoms with van der Waals surface area (Å²) in [4.78, 5) is 18.5. The van der Waals surface area contributed by atoms with Gasteiger partial charge in [0.1, 0.15) is 17.2 Å². The number of carbonyl (C=O) groups is 1. The lowest BCUT2D eigenvalue weighted by molar-refractivity contribution is -0.362. The Bertz CT molecular complexity index is 1230. The fourth-order valence-corrected chi connectivity index (χ4v) is 2.79. The molecule has 3 N–H and O–H groups in total. The highest BCUT2D eigenvalue weighted by Crippen LogP contribution is 2.43. The zero-order chi connectivity index (χ0) is 26.2. The Labute approximate surface area is 189 Å². The highest BCUT2D eigenvalue weighted by atomic mass is 19.4. The lowest BCUT2D eigenvalue weighted by atomic mass is 10.0. The van der Waals surface area contributed by atoms with Crippen LogP contribution in [0.15, 0.2) is 36.5 Å². The van der Waals surface area contributed by atoms with Crippen molar-refractivity contribution in [1.82, 2.24) is 19.7 Å². The van der Waals surface area contributed by atoms with Crippen LogP contribution in [-0.2, 0) is 6.54 Å². The Morgan fingerprint density at radius 2 is 1.66 bits per heavy atom. The molecule has 0 unspecified atom stereocenters. The van der Waals surface area contributed by atoms with Crippen molar-refractivity contribution in [2.75, 3.05) is 11.9 Å². The third-order valence-corrected chi connectivity index (χ3v) is 4.70. The summed E-state index contributed by atoms with van der Waals surface area (Å²) in [5, 5.41) is 23.9. The molecular formula is C19H13F8N5O3. The molecule has 2 heterocycles. The van der Waals surface area contributed by atoms with Gasteiger partial charge >= 0.3 is 18.3 Å². The summed E-state index contributed by atoms with van der Waals surface area (Å²) in [7, 11) is 0. The average molecular weight is 511 g/mol. The summed E-state index contributed by atoms with van der Waals surface area (Å²) in [5.41, 5.74) is -6.03. The van der Waals surface area contributed by atoms with E-state index in [1.807, 2.05) is 0 Å². The molecule has 0 fully saturated rings. The van der Waals surface area contributed by atoms with E-state index < -0.39 is 59.4 Å². The third-order valence-electron chi connectivity index (χ3n) is 4.70. The monoisotopic (exact) mass is 511 g/mol. The Morgan fingerprint density at radius 3 is 2.23 bits per heavy atom. The predicted molar refractivity (Wildman–Crippen MR) is 101 cm³/mol. The first-order valence-electron chi connectivity index (χ1n) is 9.31. The van der Waals surface area contributed by atoms with Crippen LogP contribution in [0.25, 0.3) is 11.5 Å². The van der Waals surface area contributed by atoms with Gasteiger partial charge in [-0.15, -0.1) is 0 Å². The van der Waals surface area contributed by atoms with Gasteiger partial charge in [-0.1, -0.05) is 18.2 Å². The average Bonchev–Trinajstić information content (AvgIpc) is 3.17. The quantitative estimate of drug-likeness (QED) is 0.416. The summed E-state index contributed by atoms with van der Waals surface area (Å²) >= 11 is 0. The largest absolute Gasteiger partial charge is 0.477 e. The highest BCUT2D eigenvalue weighted by molar-refractivity contribution is 5.87. The minimum Gasteiger partial charge on any atom is -0.477 e. The van der Waals surface area contributed by atoms with Crippen LogP contribution in [0.3, 0.4) is 0 Å². The van der Waals surface area contributed by atoms with Crippen molar-refractivity contribution < 1.29 is 50.1 Å². The standard InChI is InChI=1S/C19H13F8N5O3/c20-10-4-2-1-3-9(10)7-32-13(16(33)34)5-12(31-32)15-28-6-11(21)14(30-15)29-8-17(35,18(22,23)24)19(25,26)27/h1-6,35H,7-8H2,(H,33,34)(H,28,29,30). The van der Waals surface area contributed by atoms with E-state index in [1.165, 1.54) is 23.5 Å². The topological polar surface area (TPSA) is 113 Å². The van der Waals surface area contributed by atoms with Crippen molar-refractivity contribution >= 4 is 11.8 Å². The molecule has 0 atom stereocenters. The van der Waals surface area contributed by atoms with Gasteiger partial charge in [0.2, 0.25) is 0 Å². The number of hydrogen-bond donors (Lipinski definition) is 3. The second-order valence-electron chi connectivity index (χ2n) is 7.07. The van der Waals surface area contributed by atoms with E-state index in [0.29, 0.717) is 6.20 Å². The van der Waals surface area contributed by atoms with Crippen LogP contribution >= 0.6 is 0 Å². The summed E-state index contributed by atoms with van der Waals surface area (Å²) < 4.78 is 106. The summed E-state index contributed by atoms with van der Waals surface area (Å²) in [6.45, 7) is -2.61. The molecule has 16 heteroatoms. The lowest BCUT2D eigenvalue weighted by Crippen LogP contribution is -2.61. The van der Waals surface area contributed by atoms with Crippen molar-refractivity contribution in [2.24, 2.45) is 0 Å². The van der Waals surface area contributed by atoms with Crippen molar-refractivity contribution in [3.8, 4) is 11.5 Å². The number of aromatic carboxylic acids is 1. The Kier molecular flexibility index (Phi) is 6.70. The number of alkyl halides is 6. The molecule has 0 aliphatic rings. The normalized spacial score (nSPS) is 12.6. The van der Waals surface area contributed by atoms with E-state index in [4.69, 9.17) is 0 Å². The van der Waals surface area contributed by atoms with E-state index >= 15 is 0 Å². The number of nitrogens with zero attached hydrogens (tertiary/aromatic N) is 4. The molecule has 35 heavy (non-hydrogen) atoms. The van der Waals surface area contributed by atoms with Crippen LogP contribution < -0.4 is 5.32 Å². The minimum absolute atomic E-state index is 0.0469. The van der Waals surface area contributed by atoms with Crippen LogP contribution in [-0.4, -0.2) is 60.4 Å². The maximum absolute atomic E-state index is 14.0. The fourth-order valence-electron chi connectivity index (χ4n) is 2.79. The van der Waals surface area contributed by atoms with Gasteiger partial charge in [0, 0.05) is 11.6 Å². The molecule has 0 spiro atoms. The third kappa shape index (κ3) is 5.16. The van der Waals surface area contributed by atoms with Crippen LogP contribution in [0.4, 0.5) is 40.9 Å². The van der Waals surface area contributed by atoms with Gasteiger partial charge < -0.3 is 15.5 Å². The van der Waals surface area contributed by atoms with Crippen LogP contribution in [0, 0.1) is 11.6 Å². The van der Waals surface area contributed by atoms with Crippen molar-refractivity contribution in [3.63, 3.8) is 0 Å². The minimum atomic E-state index is -6.16. The number of aliphatic hydroxyl groups is 1. The maximum atomic E-state index is 14.0. The Hall–Kier alpha value is -3.82. The van der Waals surface area contributed by atoms with Crippen molar-refractivity contribution in [3.05, 3.63) is 59.4 Å². The second-order valence-corrected chi connectivity index (χ2v) is 7.07. The molecule has 188 valence electrons. The molecule has 0 aliphatic heterocycles. The number of anilines is 1. The smallest absolute Gasteiger partial charge is 0.428 e.